The van der Waals surface area contributed by atoms with E-state index in [0.29, 0.717) is 41.0 Å². The molecule has 2 heterocycles. The number of hydrogen-bond acceptors (Lipinski definition) is 8. The van der Waals surface area contributed by atoms with Gasteiger partial charge in [0, 0.05) is 6.54 Å². The van der Waals surface area contributed by atoms with Crippen LogP contribution in [0, 0.1) is 13.8 Å². The van der Waals surface area contributed by atoms with Crippen molar-refractivity contribution >= 4 is 0 Å². The average Bonchev–Trinajstić information content (AvgIpc) is 3.13. The van der Waals surface area contributed by atoms with Gasteiger partial charge in [0.2, 0.25) is 5.82 Å². The van der Waals surface area contributed by atoms with E-state index < -0.39 is 0 Å². The Bertz CT molecular complexity index is 777. The molecule has 0 saturated heterocycles. The van der Waals surface area contributed by atoms with Gasteiger partial charge < -0.3 is 19.0 Å². The number of rotatable bonds is 6. The molecule has 0 unspecified atom stereocenters. The number of nitrogens with zero attached hydrogens (tertiary/aromatic N) is 3. The summed E-state index contributed by atoms with van der Waals surface area (Å²) in [4.78, 5) is 4.29. The lowest BCUT2D eigenvalue weighted by molar-refractivity contribution is 0.161. The molecule has 1 aromatic carbocycles. The molecule has 2 aromatic heterocycles. The molecule has 120 valence electrons. The zero-order valence-corrected chi connectivity index (χ0v) is 12.7. The molecular weight excluding hydrogens is 300 g/mol. The van der Waals surface area contributed by atoms with Gasteiger partial charge in [0.05, 0.1) is 5.69 Å². The fraction of sp³-hybridized carbons (Fsp3) is 0.267. The molecule has 8 nitrogen and oxygen atoms in total. The fourth-order valence-corrected chi connectivity index (χ4v) is 2.19. The zero-order valence-electron chi connectivity index (χ0n) is 12.7. The molecule has 0 saturated carbocycles. The lowest BCUT2D eigenvalue weighted by atomic mass is 10.2. The van der Waals surface area contributed by atoms with Crippen LogP contribution in [0.1, 0.15) is 22.8 Å². The summed E-state index contributed by atoms with van der Waals surface area (Å²) >= 11 is 0. The summed E-state index contributed by atoms with van der Waals surface area (Å²) in [7, 11) is 0. The van der Waals surface area contributed by atoms with Crippen molar-refractivity contribution in [2.75, 3.05) is 0 Å². The molecule has 0 amide bonds. The molecule has 3 aromatic rings. The first-order valence-electron chi connectivity index (χ1n) is 7.02. The highest BCUT2D eigenvalue weighted by atomic mass is 16.5. The van der Waals surface area contributed by atoms with Gasteiger partial charge in [-0.15, -0.1) is 0 Å². The van der Waals surface area contributed by atoms with Crippen LogP contribution in [-0.4, -0.2) is 20.5 Å². The van der Waals surface area contributed by atoms with E-state index in [2.05, 4.69) is 20.8 Å². The van der Waals surface area contributed by atoms with Crippen LogP contribution in [0.5, 0.6) is 5.75 Å². The van der Waals surface area contributed by atoms with Crippen molar-refractivity contribution in [2.45, 2.75) is 27.0 Å². The molecule has 3 rings (SSSR count). The number of ether oxygens (including phenoxy) is 1. The second-order valence-electron chi connectivity index (χ2n) is 4.99. The van der Waals surface area contributed by atoms with Crippen molar-refractivity contribution < 1.29 is 19.0 Å². The van der Waals surface area contributed by atoms with Gasteiger partial charge in [-0.2, -0.15) is 4.98 Å². The molecule has 0 atom stereocenters. The average molecular weight is 316 g/mol. The zero-order chi connectivity index (χ0) is 16.2. The first-order chi connectivity index (χ1) is 11.2. The Balaban J connectivity index is 1.69. The van der Waals surface area contributed by atoms with Crippen molar-refractivity contribution in [3.63, 3.8) is 0 Å². The summed E-state index contributed by atoms with van der Waals surface area (Å²) in [5.74, 6) is 2.06. The highest BCUT2D eigenvalue weighted by Gasteiger charge is 2.18. The van der Waals surface area contributed by atoms with E-state index in [9.17, 15) is 0 Å². The Morgan fingerprint density at radius 2 is 2.09 bits per heavy atom. The monoisotopic (exact) mass is 316 g/mol. The van der Waals surface area contributed by atoms with Gasteiger partial charge in [0.25, 0.3) is 5.89 Å². The van der Waals surface area contributed by atoms with Crippen molar-refractivity contribution in [1.29, 1.82) is 0 Å². The lowest BCUT2D eigenvalue weighted by Gasteiger charge is -2.05. The van der Waals surface area contributed by atoms with Crippen LogP contribution in [0.15, 0.2) is 33.3 Å². The van der Waals surface area contributed by atoms with Crippen LogP contribution in [0.4, 0.5) is 0 Å². The molecule has 0 aliphatic heterocycles. The van der Waals surface area contributed by atoms with Gasteiger partial charge in [-0.05, 0) is 31.5 Å². The quantitative estimate of drug-likeness (QED) is 0.668. The molecule has 0 fully saturated rings. The topological polar surface area (TPSA) is 106 Å². The molecular formula is C15H16N4O4. The minimum absolute atomic E-state index is 0.170. The molecule has 0 aliphatic rings. The van der Waals surface area contributed by atoms with Crippen LogP contribution in [-0.2, 0) is 13.2 Å². The maximum Gasteiger partial charge on any atom is 0.263 e. The van der Waals surface area contributed by atoms with E-state index in [0.717, 1.165) is 5.56 Å². The summed E-state index contributed by atoms with van der Waals surface area (Å²) in [6, 6.07) is 7.35. The predicted molar refractivity (Wildman–Crippen MR) is 78.7 cm³/mol. The highest BCUT2D eigenvalue weighted by Crippen LogP contribution is 2.25. The molecule has 2 N–H and O–H groups in total. The first-order valence-corrected chi connectivity index (χ1v) is 7.02. The normalized spacial score (nSPS) is 10.9. The Morgan fingerprint density at radius 1 is 1.22 bits per heavy atom. The van der Waals surface area contributed by atoms with Crippen molar-refractivity contribution in [2.24, 2.45) is 0 Å². The highest BCUT2D eigenvalue weighted by molar-refractivity contribution is 5.57. The van der Waals surface area contributed by atoms with E-state index in [1.165, 1.54) is 0 Å². The van der Waals surface area contributed by atoms with Gasteiger partial charge in [-0.25, -0.2) is 5.48 Å². The Morgan fingerprint density at radius 3 is 2.83 bits per heavy atom. The van der Waals surface area contributed by atoms with Crippen LogP contribution in [0.25, 0.3) is 11.5 Å². The van der Waals surface area contributed by atoms with E-state index >= 15 is 0 Å². The molecule has 8 heteroatoms. The number of nitrogens with one attached hydrogen (secondary N) is 1. The SMILES string of the molecule is Cc1noc(C)c1-c1nc(COc2cccc(CNO)c2)no1. The maximum atomic E-state index is 8.72. The fourth-order valence-electron chi connectivity index (χ4n) is 2.19. The second-order valence-corrected chi connectivity index (χ2v) is 4.99. The minimum atomic E-state index is 0.170. The molecule has 0 bridgehead atoms. The molecule has 23 heavy (non-hydrogen) atoms. The van der Waals surface area contributed by atoms with Gasteiger partial charge in [-0.3, -0.25) is 0 Å². The third-order valence-corrected chi connectivity index (χ3v) is 3.26. The largest absolute Gasteiger partial charge is 0.485 e. The van der Waals surface area contributed by atoms with Crippen LogP contribution in [0.3, 0.4) is 0 Å². The number of aromatic nitrogens is 3. The third-order valence-electron chi connectivity index (χ3n) is 3.26. The van der Waals surface area contributed by atoms with Crippen molar-refractivity contribution in [3.05, 3.63) is 47.1 Å². The summed E-state index contributed by atoms with van der Waals surface area (Å²) in [6.07, 6.45) is 0. The van der Waals surface area contributed by atoms with Crippen LogP contribution >= 0.6 is 0 Å². The number of hydrogen-bond donors (Lipinski definition) is 2. The lowest BCUT2D eigenvalue weighted by Crippen LogP contribution is -2.06. The van der Waals surface area contributed by atoms with Gasteiger partial charge >= 0.3 is 0 Å². The summed E-state index contributed by atoms with van der Waals surface area (Å²) < 4.78 is 16.0. The number of benzene rings is 1. The van der Waals surface area contributed by atoms with Gasteiger partial charge in [0.15, 0.2) is 6.61 Å². The van der Waals surface area contributed by atoms with Gasteiger partial charge in [0.1, 0.15) is 17.1 Å². The van der Waals surface area contributed by atoms with E-state index in [4.69, 9.17) is 19.0 Å². The van der Waals surface area contributed by atoms with E-state index in [1.807, 2.05) is 31.2 Å². The third kappa shape index (κ3) is 3.38. The Labute approximate surface area is 132 Å². The summed E-state index contributed by atoms with van der Waals surface area (Å²) in [6.45, 7) is 4.11. The number of hydroxylamine groups is 1. The maximum absolute atomic E-state index is 8.72. The number of aryl methyl sites for hydroxylation is 2. The smallest absolute Gasteiger partial charge is 0.263 e. The minimum Gasteiger partial charge on any atom is -0.485 e. The van der Waals surface area contributed by atoms with Crippen LogP contribution < -0.4 is 10.2 Å². The molecule has 0 radical (unpaired) electrons. The van der Waals surface area contributed by atoms with Crippen molar-refractivity contribution in [1.82, 2.24) is 20.8 Å². The van der Waals surface area contributed by atoms with Gasteiger partial charge in [-0.1, -0.05) is 22.4 Å². The summed E-state index contributed by atoms with van der Waals surface area (Å²) in [5, 5.41) is 16.5. The van der Waals surface area contributed by atoms with Crippen molar-refractivity contribution in [3.8, 4) is 17.2 Å². The molecule has 0 aliphatic carbocycles. The first kappa shape index (κ1) is 15.2. The standard InChI is InChI=1S/C15H16N4O4/c1-9-14(10(2)22-18-9)15-17-13(19-23-15)8-21-12-5-3-4-11(6-12)7-16-20/h3-6,16,20H,7-8H2,1-2H3. The van der Waals surface area contributed by atoms with E-state index in [1.54, 1.807) is 6.92 Å². The second kappa shape index (κ2) is 6.59. The summed E-state index contributed by atoms with van der Waals surface area (Å²) in [5.41, 5.74) is 4.41. The molecule has 0 spiro atoms. The predicted octanol–water partition coefficient (Wildman–Crippen LogP) is 2.40. The Kier molecular flexibility index (Phi) is 4.35. The Hall–Kier alpha value is -2.71. The van der Waals surface area contributed by atoms with E-state index in [-0.39, 0.29) is 6.61 Å². The van der Waals surface area contributed by atoms with Crippen LogP contribution in [0.2, 0.25) is 0 Å².